The van der Waals surface area contributed by atoms with Gasteiger partial charge < -0.3 is 4.55 Å². The molecule has 2 atom stereocenters. The average Bonchev–Trinajstić information content (AvgIpc) is 2.30. The van der Waals surface area contributed by atoms with Crippen LogP contribution in [-0.2, 0) is 9.80 Å². The van der Waals surface area contributed by atoms with Crippen molar-refractivity contribution in [3.63, 3.8) is 0 Å². The lowest BCUT2D eigenvalue weighted by atomic mass is 9.90. The zero-order valence-electron chi connectivity index (χ0n) is 12.0. The van der Waals surface area contributed by atoms with Crippen molar-refractivity contribution in [3.05, 3.63) is 24.3 Å². The van der Waals surface area contributed by atoms with E-state index in [0.717, 1.165) is 31.1 Å². The molecule has 18 heavy (non-hydrogen) atoms. The Morgan fingerprint density at radius 2 is 2.06 bits per heavy atom. The van der Waals surface area contributed by atoms with Crippen molar-refractivity contribution in [2.45, 2.75) is 46.5 Å². The second-order valence-electron chi connectivity index (χ2n) is 5.14. The third-order valence-electron chi connectivity index (χ3n) is 2.94. The van der Waals surface area contributed by atoms with Crippen LogP contribution in [0, 0.1) is 11.8 Å². The summed E-state index contributed by atoms with van der Waals surface area (Å²) in [4.78, 5) is 0. The SMILES string of the molecule is C=S(=O)(O)CCCCC.CC(C)C1C=CC=CC1. The normalized spacial score (nSPS) is 21.3. The van der Waals surface area contributed by atoms with E-state index >= 15 is 0 Å². The average molecular weight is 272 g/mol. The van der Waals surface area contributed by atoms with Gasteiger partial charge in [-0.25, -0.2) is 4.21 Å². The van der Waals surface area contributed by atoms with Crippen molar-refractivity contribution in [1.29, 1.82) is 0 Å². The molecule has 106 valence electrons. The van der Waals surface area contributed by atoms with E-state index in [1.165, 1.54) is 6.42 Å². The van der Waals surface area contributed by atoms with Crippen molar-refractivity contribution >= 4 is 15.7 Å². The van der Waals surface area contributed by atoms with Crippen molar-refractivity contribution < 1.29 is 8.76 Å². The number of rotatable bonds is 5. The first kappa shape index (κ1) is 17.5. The molecule has 0 radical (unpaired) electrons. The molecular weight excluding hydrogens is 244 g/mol. The maximum Gasteiger partial charge on any atom is 0.0746 e. The highest BCUT2D eigenvalue weighted by molar-refractivity contribution is 7.95. The Hall–Kier alpha value is -0.540. The number of hydrogen-bond donors (Lipinski definition) is 1. The highest BCUT2D eigenvalue weighted by atomic mass is 32.2. The molecule has 0 aromatic rings. The lowest BCUT2D eigenvalue weighted by molar-refractivity contribution is 0.467. The van der Waals surface area contributed by atoms with Crippen LogP contribution in [0.2, 0.25) is 0 Å². The summed E-state index contributed by atoms with van der Waals surface area (Å²) in [5.74, 6) is 5.06. The van der Waals surface area contributed by atoms with E-state index in [0.29, 0.717) is 5.75 Å². The molecular formula is C15H28O2S. The molecule has 0 aromatic carbocycles. The molecule has 0 bridgehead atoms. The number of allylic oxidation sites excluding steroid dienone is 4. The lowest BCUT2D eigenvalue weighted by Gasteiger charge is -2.15. The van der Waals surface area contributed by atoms with Crippen LogP contribution in [0.15, 0.2) is 24.3 Å². The van der Waals surface area contributed by atoms with Gasteiger partial charge in [0.15, 0.2) is 0 Å². The zero-order valence-corrected chi connectivity index (χ0v) is 12.8. The van der Waals surface area contributed by atoms with Crippen molar-refractivity contribution in [3.8, 4) is 0 Å². The van der Waals surface area contributed by atoms with Gasteiger partial charge in [0.25, 0.3) is 0 Å². The van der Waals surface area contributed by atoms with Crippen LogP contribution in [0.3, 0.4) is 0 Å². The molecule has 1 aliphatic carbocycles. The van der Waals surface area contributed by atoms with Crippen LogP contribution < -0.4 is 0 Å². The van der Waals surface area contributed by atoms with Crippen molar-refractivity contribution in [2.75, 3.05) is 5.75 Å². The standard InChI is InChI=1S/C9H14.C6H14O2S/c1-8(2)9-6-4-3-5-7-9;1-3-4-5-6-9(2,7)8/h3-6,8-9H,7H2,1-2H3;2-6H2,1H3,(H,7,8). The zero-order chi connectivity index (χ0) is 14.0. The van der Waals surface area contributed by atoms with Crippen LogP contribution in [0.1, 0.15) is 46.5 Å². The Morgan fingerprint density at radius 1 is 1.39 bits per heavy atom. The summed E-state index contributed by atoms with van der Waals surface area (Å²) in [5, 5.41) is 0. The van der Waals surface area contributed by atoms with E-state index in [1.807, 2.05) is 0 Å². The minimum absolute atomic E-state index is 0.348. The molecule has 0 aromatic heterocycles. The second-order valence-corrected chi connectivity index (χ2v) is 7.09. The first-order valence-electron chi connectivity index (χ1n) is 6.77. The molecule has 1 N–H and O–H groups in total. The Bertz CT molecular complexity index is 351. The van der Waals surface area contributed by atoms with Crippen molar-refractivity contribution in [1.82, 2.24) is 0 Å². The third kappa shape index (κ3) is 10.6. The molecule has 0 saturated carbocycles. The van der Waals surface area contributed by atoms with Gasteiger partial charge in [-0.05, 0) is 30.5 Å². The van der Waals surface area contributed by atoms with Gasteiger partial charge in [-0.3, -0.25) is 0 Å². The summed E-state index contributed by atoms with van der Waals surface area (Å²) in [6, 6.07) is 0. The largest absolute Gasteiger partial charge is 0.314 e. The predicted molar refractivity (Wildman–Crippen MR) is 83.5 cm³/mol. The Labute approximate surface area is 113 Å². The fraction of sp³-hybridized carbons (Fsp3) is 0.667. The molecule has 0 heterocycles. The smallest absolute Gasteiger partial charge is 0.0746 e. The van der Waals surface area contributed by atoms with Crippen LogP contribution in [0.4, 0.5) is 0 Å². The number of hydrogen-bond acceptors (Lipinski definition) is 1. The van der Waals surface area contributed by atoms with Crippen LogP contribution in [0.25, 0.3) is 0 Å². The maximum atomic E-state index is 10.5. The first-order chi connectivity index (χ1) is 8.37. The third-order valence-corrected chi connectivity index (χ3v) is 3.86. The van der Waals surface area contributed by atoms with Gasteiger partial charge >= 0.3 is 0 Å². The highest BCUT2D eigenvalue weighted by Gasteiger charge is 2.08. The van der Waals surface area contributed by atoms with Crippen LogP contribution in [0.5, 0.6) is 0 Å². The van der Waals surface area contributed by atoms with Crippen LogP contribution >= 0.6 is 0 Å². The van der Waals surface area contributed by atoms with E-state index in [1.54, 1.807) is 0 Å². The fourth-order valence-electron chi connectivity index (χ4n) is 1.67. The molecule has 3 heteroatoms. The highest BCUT2D eigenvalue weighted by Crippen LogP contribution is 2.19. The minimum atomic E-state index is -2.70. The first-order valence-corrected chi connectivity index (χ1v) is 8.62. The van der Waals surface area contributed by atoms with E-state index in [4.69, 9.17) is 4.55 Å². The summed E-state index contributed by atoms with van der Waals surface area (Å²) in [5.41, 5.74) is 0. The number of unbranched alkanes of at least 4 members (excludes halogenated alkanes) is 2. The summed E-state index contributed by atoms with van der Waals surface area (Å²) in [7, 11) is -2.70. The monoisotopic (exact) mass is 272 g/mol. The molecule has 0 aliphatic heterocycles. The minimum Gasteiger partial charge on any atom is -0.314 e. The molecule has 2 unspecified atom stereocenters. The van der Waals surface area contributed by atoms with E-state index in [2.05, 4.69) is 50.9 Å². The lowest BCUT2D eigenvalue weighted by Crippen LogP contribution is -2.05. The second kappa shape index (κ2) is 9.40. The van der Waals surface area contributed by atoms with Gasteiger partial charge in [-0.15, -0.1) is 0 Å². The van der Waals surface area contributed by atoms with Gasteiger partial charge in [-0.2, -0.15) is 0 Å². The molecule has 0 spiro atoms. The predicted octanol–water partition coefficient (Wildman–Crippen LogP) is 4.14. The molecule has 1 rings (SSSR count). The van der Waals surface area contributed by atoms with Gasteiger partial charge in [0, 0.05) is 5.75 Å². The molecule has 1 aliphatic rings. The Morgan fingerprint density at radius 3 is 2.39 bits per heavy atom. The van der Waals surface area contributed by atoms with E-state index < -0.39 is 9.80 Å². The summed E-state index contributed by atoms with van der Waals surface area (Å²) >= 11 is 0. The summed E-state index contributed by atoms with van der Waals surface area (Å²) < 4.78 is 19.2. The van der Waals surface area contributed by atoms with Crippen molar-refractivity contribution in [2.24, 2.45) is 11.8 Å². The molecule has 0 saturated heterocycles. The van der Waals surface area contributed by atoms with Gasteiger partial charge in [-0.1, -0.05) is 57.9 Å². The Kier molecular flexibility index (Phi) is 9.12. The quantitative estimate of drug-likeness (QED) is 0.603. The van der Waals surface area contributed by atoms with Crippen LogP contribution in [-0.4, -0.2) is 20.4 Å². The maximum absolute atomic E-state index is 10.5. The fourth-order valence-corrected chi connectivity index (χ4v) is 2.33. The van der Waals surface area contributed by atoms with Gasteiger partial charge in [0.1, 0.15) is 0 Å². The molecule has 2 nitrogen and oxygen atoms in total. The Balaban J connectivity index is 0.000000321. The molecule has 0 fully saturated rings. The molecule has 0 amide bonds. The van der Waals surface area contributed by atoms with Gasteiger partial charge in [0.2, 0.25) is 0 Å². The van der Waals surface area contributed by atoms with E-state index in [9.17, 15) is 4.21 Å². The topological polar surface area (TPSA) is 37.3 Å². The van der Waals surface area contributed by atoms with Gasteiger partial charge in [0.05, 0.1) is 9.80 Å². The van der Waals surface area contributed by atoms with E-state index in [-0.39, 0.29) is 0 Å². The summed E-state index contributed by atoms with van der Waals surface area (Å²) in [6.07, 6.45) is 13.0. The summed E-state index contributed by atoms with van der Waals surface area (Å²) in [6.45, 7) is 6.60.